The van der Waals surface area contributed by atoms with Crippen molar-refractivity contribution in [3.05, 3.63) is 24.0 Å². The van der Waals surface area contributed by atoms with Crippen LogP contribution in [-0.2, 0) is 11.0 Å². The van der Waals surface area contributed by atoms with Gasteiger partial charge in [0, 0.05) is 31.5 Å². The molecule has 0 radical (unpaired) electrons. The molecule has 9 heteroatoms. The van der Waals surface area contributed by atoms with Gasteiger partial charge in [0.05, 0.1) is 11.9 Å². The monoisotopic (exact) mass is 343 g/mol. The minimum atomic E-state index is -4.52. The van der Waals surface area contributed by atoms with Crippen molar-refractivity contribution in [2.45, 2.75) is 25.4 Å². The van der Waals surface area contributed by atoms with Gasteiger partial charge in [0.25, 0.3) is 0 Å². The second-order valence-electron chi connectivity index (χ2n) is 6.33. The normalized spacial score (nSPS) is 20.7. The molecule has 1 N–H and O–H groups in total. The van der Waals surface area contributed by atoms with E-state index >= 15 is 0 Å². The molecule has 130 valence electrons. The van der Waals surface area contributed by atoms with Gasteiger partial charge in [-0.05, 0) is 25.0 Å². The molecule has 1 aromatic heterocycles. The molecule has 0 atom stereocenters. The summed E-state index contributed by atoms with van der Waals surface area (Å²) in [7, 11) is 0. The average Bonchev–Trinajstić information content (AvgIpc) is 2.83. The first-order valence-electron chi connectivity index (χ1n) is 7.52. The Balaban J connectivity index is 1.73. The number of aromatic nitrogens is 1. The largest absolute Gasteiger partial charge is 0.465 e. The molecule has 6 nitrogen and oxygen atoms in total. The predicted molar refractivity (Wildman–Crippen MR) is 77.5 cm³/mol. The Morgan fingerprint density at radius 3 is 2.42 bits per heavy atom. The number of piperidine rings is 1. The molecular formula is C15H16F3N3O3. The Kier molecular flexibility index (Phi) is 3.89. The Hall–Kier alpha value is -2.32. The number of amides is 2. The number of alkyl halides is 3. The van der Waals surface area contributed by atoms with Crippen molar-refractivity contribution in [2.75, 3.05) is 24.5 Å². The SMILES string of the molecule is O=C(O)N1CCC2(CC1)CC(=O)N(c1ccc(C(F)(F)F)nc1)C2. The van der Waals surface area contributed by atoms with Gasteiger partial charge in [-0.3, -0.25) is 4.79 Å². The summed E-state index contributed by atoms with van der Waals surface area (Å²) in [6.45, 7) is 1.11. The van der Waals surface area contributed by atoms with E-state index in [0.717, 1.165) is 12.3 Å². The summed E-state index contributed by atoms with van der Waals surface area (Å²) < 4.78 is 37.7. The van der Waals surface area contributed by atoms with Crippen LogP contribution in [0.25, 0.3) is 0 Å². The van der Waals surface area contributed by atoms with Gasteiger partial charge >= 0.3 is 12.3 Å². The predicted octanol–water partition coefficient (Wildman–Crippen LogP) is 2.60. The van der Waals surface area contributed by atoms with E-state index in [1.165, 1.54) is 15.9 Å². The Morgan fingerprint density at radius 2 is 1.92 bits per heavy atom. The molecule has 0 aliphatic carbocycles. The van der Waals surface area contributed by atoms with Crippen LogP contribution in [-0.4, -0.2) is 46.6 Å². The highest BCUT2D eigenvalue weighted by molar-refractivity contribution is 5.96. The van der Waals surface area contributed by atoms with Crippen molar-refractivity contribution in [1.29, 1.82) is 0 Å². The number of halogens is 3. The third kappa shape index (κ3) is 3.02. The van der Waals surface area contributed by atoms with Crippen molar-refractivity contribution >= 4 is 17.7 Å². The topological polar surface area (TPSA) is 73.7 Å². The van der Waals surface area contributed by atoms with E-state index in [2.05, 4.69) is 4.98 Å². The Labute approximate surface area is 135 Å². The maximum absolute atomic E-state index is 12.6. The molecule has 1 aromatic rings. The maximum atomic E-state index is 12.6. The van der Waals surface area contributed by atoms with Crippen LogP contribution < -0.4 is 4.90 Å². The van der Waals surface area contributed by atoms with E-state index in [0.29, 0.717) is 38.2 Å². The van der Waals surface area contributed by atoms with Crippen molar-refractivity contribution in [3.63, 3.8) is 0 Å². The number of rotatable bonds is 1. The van der Waals surface area contributed by atoms with Crippen LogP contribution in [0.1, 0.15) is 25.0 Å². The summed E-state index contributed by atoms with van der Waals surface area (Å²) in [5, 5.41) is 8.99. The van der Waals surface area contributed by atoms with Gasteiger partial charge in [0.15, 0.2) is 0 Å². The fourth-order valence-corrected chi connectivity index (χ4v) is 3.35. The van der Waals surface area contributed by atoms with Gasteiger partial charge in [0.1, 0.15) is 5.69 Å². The molecule has 0 bridgehead atoms. The highest BCUT2D eigenvalue weighted by Crippen LogP contribution is 2.42. The molecule has 0 unspecified atom stereocenters. The number of hydrogen-bond acceptors (Lipinski definition) is 3. The van der Waals surface area contributed by atoms with Crippen LogP contribution in [0.4, 0.5) is 23.7 Å². The zero-order valence-corrected chi connectivity index (χ0v) is 12.7. The van der Waals surface area contributed by atoms with E-state index in [-0.39, 0.29) is 17.7 Å². The standard InChI is InChI=1S/C15H16F3N3O3/c16-15(17,18)11-2-1-10(8-19-11)21-9-14(7-12(21)22)3-5-20(6-4-14)13(23)24/h1-2,8H,3-7,9H2,(H,23,24). The molecule has 0 saturated carbocycles. The molecule has 2 fully saturated rings. The number of anilines is 1. The van der Waals surface area contributed by atoms with Crippen molar-refractivity contribution < 1.29 is 27.9 Å². The van der Waals surface area contributed by atoms with Crippen LogP contribution in [0.5, 0.6) is 0 Å². The second kappa shape index (κ2) is 5.64. The van der Waals surface area contributed by atoms with Crippen LogP contribution in [0, 0.1) is 5.41 Å². The minimum absolute atomic E-state index is 0.166. The number of carbonyl (C=O) groups excluding carboxylic acids is 1. The molecule has 0 aromatic carbocycles. The summed E-state index contributed by atoms with van der Waals surface area (Å²) in [6, 6.07) is 2.11. The van der Waals surface area contributed by atoms with Crippen molar-refractivity contribution in [1.82, 2.24) is 9.88 Å². The van der Waals surface area contributed by atoms with Gasteiger partial charge in [-0.25, -0.2) is 9.78 Å². The van der Waals surface area contributed by atoms with Crippen LogP contribution >= 0.6 is 0 Å². The zero-order valence-electron chi connectivity index (χ0n) is 12.7. The molecule has 2 saturated heterocycles. The van der Waals surface area contributed by atoms with E-state index in [1.807, 2.05) is 0 Å². The lowest BCUT2D eigenvalue weighted by Crippen LogP contribution is -2.43. The van der Waals surface area contributed by atoms with E-state index < -0.39 is 18.0 Å². The van der Waals surface area contributed by atoms with Crippen molar-refractivity contribution in [3.8, 4) is 0 Å². The molecular weight excluding hydrogens is 327 g/mol. The second-order valence-corrected chi connectivity index (χ2v) is 6.33. The number of carbonyl (C=O) groups is 2. The van der Waals surface area contributed by atoms with Gasteiger partial charge in [-0.15, -0.1) is 0 Å². The van der Waals surface area contributed by atoms with Gasteiger partial charge in [-0.2, -0.15) is 13.2 Å². The fourth-order valence-electron chi connectivity index (χ4n) is 3.35. The summed E-state index contributed by atoms with van der Waals surface area (Å²) in [4.78, 5) is 29.4. The molecule has 3 rings (SSSR count). The Bertz CT molecular complexity index is 652. The molecule has 2 aliphatic rings. The molecule has 2 aliphatic heterocycles. The minimum Gasteiger partial charge on any atom is -0.465 e. The van der Waals surface area contributed by atoms with Crippen LogP contribution in [0.2, 0.25) is 0 Å². The number of hydrogen-bond donors (Lipinski definition) is 1. The molecule has 1 spiro atoms. The lowest BCUT2D eigenvalue weighted by Gasteiger charge is -2.37. The zero-order chi connectivity index (χ0) is 17.5. The first-order valence-corrected chi connectivity index (χ1v) is 7.52. The summed E-state index contributed by atoms with van der Waals surface area (Å²) >= 11 is 0. The van der Waals surface area contributed by atoms with Crippen LogP contribution in [0.15, 0.2) is 18.3 Å². The highest BCUT2D eigenvalue weighted by atomic mass is 19.4. The highest BCUT2D eigenvalue weighted by Gasteiger charge is 2.46. The van der Waals surface area contributed by atoms with E-state index in [4.69, 9.17) is 5.11 Å². The fraction of sp³-hybridized carbons (Fsp3) is 0.533. The lowest BCUT2D eigenvalue weighted by molar-refractivity contribution is -0.141. The number of carboxylic acid groups (broad SMARTS) is 1. The average molecular weight is 343 g/mol. The van der Waals surface area contributed by atoms with E-state index in [9.17, 15) is 22.8 Å². The summed E-state index contributed by atoms with van der Waals surface area (Å²) in [6.07, 6.45) is -3.02. The van der Waals surface area contributed by atoms with Crippen LogP contribution in [0.3, 0.4) is 0 Å². The maximum Gasteiger partial charge on any atom is 0.433 e. The van der Waals surface area contributed by atoms with Gasteiger partial charge in [0.2, 0.25) is 5.91 Å². The first-order chi connectivity index (χ1) is 11.2. The van der Waals surface area contributed by atoms with E-state index in [1.54, 1.807) is 0 Å². The number of likely N-dealkylation sites (tertiary alicyclic amines) is 1. The number of pyridine rings is 1. The third-order valence-corrected chi connectivity index (χ3v) is 4.77. The summed E-state index contributed by atoms with van der Waals surface area (Å²) in [5.74, 6) is -0.166. The third-order valence-electron chi connectivity index (χ3n) is 4.77. The van der Waals surface area contributed by atoms with Gasteiger partial charge < -0.3 is 14.9 Å². The lowest BCUT2D eigenvalue weighted by atomic mass is 9.78. The van der Waals surface area contributed by atoms with Crippen molar-refractivity contribution in [2.24, 2.45) is 5.41 Å². The summed E-state index contributed by atoms with van der Waals surface area (Å²) in [5.41, 5.74) is -0.973. The smallest absolute Gasteiger partial charge is 0.433 e. The Morgan fingerprint density at radius 1 is 1.25 bits per heavy atom. The first kappa shape index (κ1) is 16.5. The molecule has 3 heterocycles. The quantitative estimate of drug-likeness (QED) is 0.851. The molecule has 2 amide bonds. The number of nitrogens with zero attached hydrogens (tertiary/aromatic N) is 3. The molecule has 24 heavy (non-hydrogen) atoms. The van der Waals surface area contributed by atoms with Gasteiger partial charge in [-0.1, -0.05) is 0 Å².